The summed E-state index contributed by atoms with van der Waals surface area (Å²) in [6, 6.07) is 24.2. The molecule has 3 aromatic carbocycles. The van der Waals surface area contributed by atoms with Crippen molar-refractivity contribution in [3.63, 3.8) is 0 Å². The van der Waals surface area contributed by atoms with Crippen LogP contribution in [0.2, 0.25) is 5.02 Å². The number of hydrogen-bond donors (Lipinski definition) is 1. The number of rotatable bonds is 5. The molecule has 0 heterocycles. The van der Waals surface area contributed by atoms with Gasteiger partial charge in [-0.1, -0.05) is 59.1 Å². The number of nitrogens with zero attached hydrogens (tertiary/aromatic N) is 1. The lowest BCUT2D eigenvalue weighted by Gasteiger charge is -2.11. The van der Waals surface area contributed by atoms with Crippen molar-refractivity contribution in [2.45, 2.75) is 13.8 Å². The molecule has 3 heteroatoms. The Morgan fingerprint density at radius 1 is 0.808 bits per heavy atom. The Labute approximate surface area is 159 Å². The molecule has 0 aliphatic rings. The molecule has 0 unspecified atom stereocenters. The van der Waals surface area contributed by atoms with E-state index in [1.807, 2.05) is 48.7 Å². The van der Waals surface area contributed by atoms with Crippen molar-refractivity contribution in [2.24, 2.45) is 4.99 Å². The lowest BCUT2D eigenvalue weighted by Crippen LogP contribution is -1.99. The van der Waals surface area contributed by atoms with E-state index in [-0.39, 0.29) is 0 Å². The number of benzene rings is 3. The highest BCUT2D eigenvalue weighted by molar-refractivity contribution is 6.30. The molecule has 3 aromatic rings. The van der Waals surface area contributed by atoms with Gasteiger partial charge in [0.05, 0.1) is 5.69 Å². The average molecular weight is 361 g/mol. The van der Waals surface area contributed by atoms with E-state index in [0.717, 1.165) is 27.7 Å². The maximum Gasteiger partial charge on any atom is 0.0629 e. The molecule has 2 nitrogen and oxygen atoms in total. The van der Waals surface area contributed by atoms with E-state index in [0.29, 0.717) is 0 Å². The van der Waals surface area contributed by atoms with Gasteiger partial charge in [0.1, 0.15) is 0 Å². The second-order valence-corrected chi connectivity index (χ2v) is 6.63. The van der Waals surface area contributed by atoms with E-state index in [1.54, 1.807) is 0 Å². The number of nitrogens with one attached hydrogen (secondary N) is 1. The van der Waals surface area contributed by atoms with Crippen LogP contribution in [0.5, 0.6) is 0 Å². The van der Waals surface area contributed by atoms with Gasteiger partial charge in [-0.15, -0.1) is 0 Å². The largest absolute Gasteiger partial charge is 0.355 e. The topological polar surface area (TPSA) is 24.4 Å². The minimum atomic E-state index is 0.719. The van der Waals surface area contributed by atoms with Crippen LogP contribution in [-0.4, -0.2) is 6.21 Å². The Morgan fingerprint density at radius 2 is 1.38 bits per heavy atom. The van der Waals surface area contributed by atoms with E-state index in [2.05, 4.69) is 60.6 Å². The molecular weight excluding hydrogens is 340 g/mol. The van der Waals surface area contributed by atoms with Crippen LogP contribution in [0, 0.1) is 13.8 Å². The zero-order valence-electron chi connectivity index (χ0n) is 14.9. The van der Waals surface area contributed by atoms with Crippen LogP contribution in [0.4, 0.5) is 11.4 Å². The highest BCUT2D eigenvalue weighted by Gasteiger charge is 2.02. The first-order valence-corrected chi connectivity index (χ1v) is 8.88. The molecule has 0 aliphatic carbocycles. The first kappa shape index (κ1) is 18.0. The first-order chi connectivity index (χ1) is 12.6. The van der Waals surface area contributed by atoms with Crippen LogP contribution in [0.25, 0.3) is 5.70 Å². The van der Waals surface area contributed by atoms with Gasteiger partial charge >= 0.3 is 0 Å². The van der Waals surface area contributed by atoms with Crippen molar-refractivity contribution in [3.05, 3.63) is 101 Å². The Kier molecular flexibility index (Phi) is 5.88. The van der Waals surface area contributed by atoms with Crippen molar-refractivity contribution in [3.8, 4) is 0 Å². The van der Waals surface area contributed by atoms with Crippen molar-refractivity contribution in [2.75, 3.05) is 5.32 Å². The van der Waals surface area contributed by atoms with Crippen LogP contribution in [0.3, 0.4) is 0 Å². The normalized spacial score (nSPS) is 11.7. The number of anilines is 1. The molecule has 0 aliphatic heterocycles. The number of aliphatic imine (C=N–C) groups is 1. The maximum absolute atomic E-state index is 6.02. The van der Waals surface area contributed by atoms with E-state index in [9.17, 15) is 0 Å². The van der Waals surface area contributed by atoms with Gasteiger partial charge in [-0.3, -0.25) is 4.99 Å². The first-order valence-electron chi connectivity index (χ1n) is 8.51. The Hall–Kier alpha value is -2.84. The van der Waals surface area contributed by atoms with Crippen LogP contribution >= 0.6 is 11.6 Å². The van der Waals surface area contributed by atoms with E-state index in [4.69, 9.17) is 11.6 Å². The lowest BCUT2D eigenvalue weighted by molar-refractivity contribution is 1.44. The van der Waals surface area contributed by atoms with Crippen molar-refractivity contribution >= 4 is 34.9 Å². The molecule has 1 N–H and O–H groups in total. The average Bonchev–Trinajstić information content (AvgIpc) is 2.65. The summed E-state index contributed by atoms with van der Waals surface area (Å²) in [7, 11) is 0. The fourth-order valence-electron chi connectivity index (χ4n) is 2.46. The SMILES string of the molecule is Cc1ccc(N=C/C=C(/Nc2ccc(C)cc2)c2ccc(Cl)cc2)cc1. The molecule has 0 radical (unpaired) electrons. The van der Waals surface area contributed by atoms with Crippen LogP contribution in [0.1, 0.15) is 16.7 Å². The summed E-state index contributed by atoms with van der Waals surface area (Å²) in [5.41, 5.74) is 6.42. The second kappa shape index (κ2) is 8.50. The zero-order chi connectivity index (χ0) is 18.4. The molecule has 3 rings (SSSR count). The van der Waals surface area contributed by atoms with Gasteiger partial charge in [-0.05, 0) is 61.9 Å². The molecule has 0 spiro atoms. The number of allylic oxidation sites excluding steroid dienone is 1. The molecule has 130 valence electrons. The zero-order valence-corrected chi connectivity index (χ0v) is 15.7. The lowest BCUT2D eigenvalue weighted by atomic mass is 10.1. The van der Waals surface area contributed by atoms with Gasteiger partial charge in [0, 0.05) is 22.6 Å². The standard InChI is InChI=1S/C23H21ClN2/c1-17-3-11-21(12-4-17)25-16-15-23(19-7-9-20(24)10-8-19)26-22-13-5-18(2)6-14-22/h3-16,26H,1-2H3/b23-15+,25-16?. The summed E-state index contributed by atoms with van der Waals surface area (Å²) >= 11 is 6.02. The monoisotopic (exact) mass is 360 g/mol. The Morgan fingerprint density at radius 3 is 2.00 bits per heavy atom. The van der Waals surface area contributed by atoms with E-state index < -0.39 is 0 Å². The van der Waals surface area contributed by atoms with Crippen LogP contribution < -0.4 is 5.32 Å². The van der Waals surface area contributed by atoms with Gasteiger partial charge in [0.25, 0.3) is 0 Å². The molecule has 0 amide bonds. The van der Waals surface area contributed by atoms with Crippen LogP contribution in [0.15, 0.2) is 83.9 Å². The van der Waals surface area contributed by atoms with Crippen LogP contribution in [-0.2, 0) is 0 Å². The summed E-state index contributed by atoms with van der Waals surface area (Å²) in [5, 5.41) is 4.18. The molecule has 0 saturated carbocycles. The van der Waals surface area contributed by atoms with Gasteiger partial charge in [0.2, 0.25) is 0 Å². The van der Waals surface area contributed by atoms with Gasteiger partial charge in [-0.25, -0.2) is 0 Å². The Bertz CT molecular complexity index is 906. The molecule has 0 fully saturated rings. The molecule has 0 atom stereocenters. The van der Waals surface area contributed by atoms with E-state index >= 15 is 0 Å². The van der Waals surface area contributed by atoms with Crippen molar-refractivity contribution in [1.82, 2.24) is 0 Å². The predicted octanol–water partition coefficient (Wildman–Crippen LogP) is 6.81. The van der Waals surface area contributed by atoms with Gasteiger partial charge < -0.3 is 5.32 Å². The third kappa shape index (κ3) is 5.08. The molecular formula is C23H21ClN2. The summed E-state index contributed by atoms with van der Waals surface area (Å²) in [4.78, 5) is 4.52. The Balaban J connectivity index is 1.87. The molecule has 0 bridgehead atoms. The summed E-state index contributed by atoms with van der Waals surface area (Å²) < 4.78 is 0. The fourth-order valence-corrected chi connectivity index (χ4v) is 2.59. The quantitative estimate of drug-likeness (QED) is 0.496. The smallest absolute Gasteiger partial charge is 0.0629 e. The minimum Gasteiger partial charge on any atom is -0.355 e. The van der Waals surface area contributed by atoms with Gasteiger partial charge in [-0.2, -0.15) is 0 Å². The van der Waals surface area contributed by atoms with Crippen molar-refractivity contribution in [1.29, 1.82) is 0 Å². The fraction of sp³-hybridized carbons (Fsp3) is 0.0870. The van der Waals surface area contributed by atoms with Crippen molar-refractivity contribution < 1.29 is 0 Å². The second-order valence-electron chi connectivity index (χ2n) is 6.19. The minimum absolute atomic E-state index is 0.719. The van der Waals surface area contributed by atoms with E-state index in [1.165, 1.54) is 11.1 Å². The summed E-state index contributed by atoms with van der Waals surface area (Å²) in [6.45, 7) is 4.14. The summed E-state index contributed by atoms with van der Waals surface area (Å²) in [6.07, 6.45) is 3.79. The number of hydrogen-bond acceptors (Lipinski definition) is 2. The summed E-state index contributed by atoms with van der Waals surface area (Å²) in [5.74, 6) is 0. The maximum atomic E-state index is 6.02. The highest BCUT2D eigenvalue weighted by atomic mass is 35.5. The number of aryl methyl sites for hydroxylation is 2. The third-order valence-electron chi connectivity index (χ3n) is 3.98. The van der Waals surface area contributed by atoms with Gasteiger partial charge in [0.15, 0.2) is 0 Å². The number of halogens is 1. The molecule has 0 saturated heterocycles. The predicted molar refractivity (Wildman–Crippen MR) is 114 cm³/mol. The highest BCUT2D eigenvalue weighted by Crippen LogP contribution is 2.21. The third-order valence-corrected chi connectivity index (χ3v) is 4.24. The molecule has 0 aromatic heterocycles. The molecule has 26 heavy (non-hydrogen) atoms.